The number of para-hydroxylation sites is 1. The smallest absolute Gasteiger partial charge is 0.222 e. The van der Waals surface area contributed by atoms with Crippen molar-refractivity contribution in [2.45, 2.75) is 6.54 Å². The zero-order chi connectivity index (χ0) is 12.5. The summed E-state index contributed by atoms with van der Waals surface area (Å²) in [7, 11) is 0. The molecule has 18 heavy (non-hydrogen) atoms. The van der Waals surface area contributed by atoms with E-state index in [0.29, 0.717) is 17.1 Å². The van der Waals surface area contributed by atoms with Crippen LogP contribution in [0.25, 0.3) is 0 Å². The molecular weight excluding hydrogens is 242 g/mol. The SMILES string of the molecule is O=C1C(=S)N(Cc2ccccc2)c2ccccc21. The molecule has 0 unspecified atom stereocenters. The summed E-state index contributed by atoms with van der Waals surface area (Å²) in [4.78, 5) is 14.3. The summed E-state index contributed by atoms with van der Waals surface area (Å²) in [5.74, 6) is -0.0449. The van der Waals surface area contributed by atoms with Gasteiger partial charge in [0, 0.05) is 12.1 Å². The maximum Gasteiger partial charge on any atom is 0.222 e. The van der Waals surface area contributed by atoms with Gasteiger partial charge in [0.05, 0.1) is 5.69 Å². The molecule has 1 aliphatic rings. The van der Waals surface area contributed by atoms with Gasteiger partial charge in [-0.2, -0.15) is 0 Å². The molecule has 0 spiro atoms. The van der Waals surface area contributed by atoms with E-state index in [4.69, 9.17) is 12.2 Å². The Labute approximate surface area is 111 Å². The van der Waals surface area contributed by atoms with Crippen LogP contribution in [0.4, 0.5) is 5.69 Å². The Morgan fingerprint density at radius 2 is 1.61 bits per heavy atom. The van der Waals surface area contributed by atoms with E-state index in [1.807, 2.05) is 59.5 Å². The van der Waals surface area contributed by atoms with Crippen LogP contribution in [0.15, 0.2) is 54.6 Å². The van der Waals surface area contributed by atoms with Crippen LogP contribution >= 0.6 is 12.2 Å². The fourth-order valence-electron chi connectivity index (χ4n) is 2.17. The second kappa shape index (κ2) is 4.35. The molecule has 2 aromatic carbocycles. The van der Waals surface area contributed by atoms with Gasteiger partial charge in [-0.05, 0) is 17.7 Å². The fourth-order valence-corrected chi connectivity index (χ4v) is 2.44. The van der Waals surface area contributed by atoms with Gasteiger partial charge in [0.2, 0.25) is 5.78 Å². The third-order valence-electron chi connectivity index (χ3n) is 3.06. The number of ketones is 1. The zero-order valence-electron chi connectivity index (χ0n) is 9.67. The van der Waals surface area contributed by atoms with E-state index in [1.54, 1.807) is 0 Å². The molecule has 0 aromatic heterocycles. The van der Waals surface area contributed by atoms with Gasteiger partial charge in [0.25, 0.3) is 0 Å². The average molecular weight is 253 g/mol. The number of nitrogens with zero attached hydrogens (tertiary/aromatic N) is 1. The molecule has 88 valence electrons. The van der Waals surface area contributed by atoms with Gasteiger partial charge in [-0.1, -0.05) is 54.7 Å². The topological polar surface area (TPSA) is 20.3 Å². The van der Waals surface area contributed by atoms with Gasteiger partial charge in [0.15, 0.2) is 4.99 Å². The summed E-state index contributed by atoms with van der Waals surface area (Å²) in [6, 6.07) is 17.6. The second-order valence-corrected chi connectivity index (χ2v) is 4.61. The molecule has 0 fully saturated rings. The van der Waals surface area contributed by atoms with Gasteiger partial charge >= 0.3 is 0 Å². The number of thiocarbonyl (C=S) groups is 1. The molecule has 1 aliphatic heterocycles. The van der Waals surface area contributed by atoms with Gasteiger partial charge in [-0.25, -0.2) is 0 Å². The lowest BCUT2D eigenvalue weighted by molar-refractivity contribution is 0.107. The first-order valence-electron chi connectivity index (χ1n) is 5.76. The average Bonchev–Trinajstić information content (AvgIpc) is 2.66. The molecule has 0 atom stereocenters. The van der Waals surface area contributed by atoms with Crippen molar-refractivity contribution in [2.24, 2.45) is 0 Å². The van der Waals surface area contributed by atoms with Crippen LogP contribution in [0.2, 0.25) is 0 Å². The number of rotatable bonds is 2. The minimum absolute atomic E-state index is 0.0449. The van der Waals surface area contributed by atoms with Crippen LogP contribution in [0.5, 0.6) is 0 Å². The molecule has 3 heteroatoms. The number of carbonyl (C=O) groups is 1. The molecule has 0 bridgehead atoms. The Morgan fingerprint density at radius 1 is 0.944 bits per heavy atom. The lowest BCUT2D eigenvalue weighted by Crippen LogP contribution is -2.27. The minimum atomic E-state index is -0.0449. The van der Waals surface area contributed by atoms with E-state index in [2.05, 4.69) is 0 Å². The molecule has 2 nitrogen and oxygen atoms in total. The van der Waals surface area contributed by atoms with Crippen molar-refractivity contribution in [3.8, 4) is 0 Å². The van der Waals surface area contributed by atoms with E-state index < -0.39 is 0 Å². The molecule has 0 radical (unpaired) electrons. The Kier molecular flexibility index (Phi) is 2.68. The van der Waals surface area contributed by atoms with Crippen molar-refractivity contribution in [1.82, 2.24) is 0 Å². The van der Waals surface area contributed by atoms with Gasteiger partial charge < -0.3 is 4.90 Å². The molecule has 0 aliphatic carbocycles. The van der Waals surface area contributed by atoms with Gasteiger partial charge in [-0.3, -0.25) is 4.79 Å². The summed E-state index contributed by atoms with van der Waals surface area (Å²) in [5.41, 5.74) is 2.76. The monoisotopic (exact) mass is 253 g/mol. The van der Waals surface area contributed by atoms with E-state index in [-0.39, 0.29) is 5.78 Å². The molecule has 1 heterocycles. The predicted molar refractivity (Wildman–Crippen MR) is 76.0 cm³/mol. The van der Waals surface area contributed by atoms with Crippen molar-refractivity contribution in [1.29, 1.82) is 0 Å². The van der Waals surface area contributed by atoms with E-state index in [0.717, 1.165) is 11.3 Å². The highest BCUT2D eigenvalue weighted by Gasteiger charge is 2.31. The number of benzene rings is 2. The van der Waals surface area contributed by atoms with E-state index in [1.165, 1.54) is 0 Å². The van der Waals surface area contributed by atoms with Crippen LogP contribution in [-0.2, 0) is 6.54 Å². The third-order valence-corrected chi connectivity index (χ3v) is 3.47. The molecule has 2 aromatic rings. The number of Topliss-reactive ketones (excluding diaryl/α,β-unsaturated/α-hetero) is 1. The van der Waals surface area contributed by atoms with E-state index >= 15 is 0 Å². The third kappa shape index (κ3) is 1.73. The Hall–Kier alpha value is -2.00. The Balaban J connectivity index is 1.99. The van der Waals surface area contributed by atoms with Crippen molar-refractivity contribution >= 4 is 28.7 Å². The first kappa shape index (κ1) is 11.1. The summed E-state index contributed by atoms with van der Waals surface area (Å²) in [6.45, 7) is 0.641. The second-order valence-electron chi connectivity index (χ2n) is 4.22. The molecule has 3 rings (SSSR count). The van der Waals surface area contributed by atoms with Crippen LogP contribution in [0.1, 0.15) is 15.9 Å². The summed E-state index contributed by atoms with van der Waals surface area (Å²) < 4.78 is 0. The fraction of sp³-hybridized carbons (Fsp3) is 0.0667. The quantitative estimate of drug-likeness (QED) is 0.766. The number of hydrogen-bond donors (Lipinski definition) is 0. The minimum Gasteiger partial charge on any atom is -0.324 e. The molecule has 0 saturated carbocycles. The standard InChI is InChI=1S/C15H11NOS/c17-14-12-8-4-5-9-13(12)16(15(14)18)10-11-6-2-1-3-7-11/h1-9H,10H2. The lowest BCUT2D eigenvalue weighted by atomic mass is 10.1. The number of anilines is 1. The molecular formula is C15H11NOS. The first-order chi connectivity index (χ1) is 8.77. The highest BCUT2D eigenvalue weighted by atomic mass is 32.1. The van der Waals surface area contributed by atoms with Gasteiger partial charge in [-0.15, -0.1) is 0 Å². The van der Waals surface area contributed by atoms with Crippen LogP contribution < -0.4 is 4.90 Å². The maximum atomic E-state index is 12.0. The summed E-state index contributed by atoms with van der Waals surface area (Å²) >= 11 is 5.24. The predicted octanol–water partition coefficient (Wildman–Crippen LogP) is 3.22. The Bertz CT molecular complexity index is 621. The van der Waals surface area contributed by atoms with Gasteiger partial charge in [0.1, 0.15) is 0 Å². The lowest BCUT2D eigenvalue weighted by Gasteiger charge is -2.18. The number of hydrogen-bond acceptors (Lipinski definition) is 2. The molecule has 0 saturated heterocycles. The Morgan fingerprint density at radius 3 is 2.39 bits per heavy atom. The molecule has 0 N–H and O–H groups in total. The normalized spacial score (nSPS) is 13.9. The van der Waals surface area contributed by atoms with Crippen molar-refractivity contribution in [3.63, 3.8) is 0 Å². The number of carbonyl (C=O) groups excluding carboxylic acids is 1. The van der Waals surface area contributed by atoms with Crippen LogP contribution in [-0.4, -0.2) is 10.8 Å². The largest absolute Gasteiger partial charge is 0.324 e. The highest BCUT2D eigenvalue weighted by Crippen LogP contribution is 2.30. The van der Waals surface area contributed by atoms with E-state index in [9.17, 15) is 4.79 Å². The summed E-state index contributed by atoms with van der Waals surface area (Å²) in [6.07, 6.45) is 0. The maximum absolute atomic E-state index is 12.0. The molecule has 0 amide bonds. The van der Waals surface area contributed by atoms with Crippen molar-refractivity contribution in [2.75, 3.05) is 4.90 Å². The van der Waals surface area contributed by atoms with Crippen molar-refractivity contribution < 1.29 is 4.79 Å². The number of fused-ring (bicyclic) bond motifs is 1. The van der Waals surface area contributed by atoms with Crippen molar-refractivity contribution in [3.05, 3.63) is 65.7 Å². The first-order valence-corrected chi connectivity index (χ1v) is 6.17. The highest BCUT2D eigenvalue weighted by molar-refractivity contribution is 7.82. The van der Waals surface area contributed by atoms with Crippen LogP contribution in [0, 0.1) is 0 Å². The zero-order valence-corrected chi connectivity index (χ0v) is 10.5. The van der Waals surface area contributed by atoms with Crippen LogP contribution in [0.3, 0.4) is 0 Å². The summed E-state index contributed by atoms with van der Waals surface area (Å²) in [5, 5.41) is 0.